The fraction of sp³-hybridized carbons (Fsp3) is 0.263. The Kier molecular flexibility index (Phi) is 6.07. The molecule has 0 aromatic carbocycles. The predicted molar refractivity (Wildman–Crippen MR) is 113 cm³/mol. The number of ether oxygens (including phenoxy) is 1. The monoisotopic (exact) mass is 445 g/mol. The fourth-order valence-corrected chi connectivity index (χ4v) is 4.08. The number of hydrogen-bond donors (Lipinski definition) is 0. The van der Waals surface area contributed by atoms with Crippen LogP contribution in [0, 0.1) is 23.7 Å². The molecule has 0 aliphatic heterocycles. The molecule has 0 amide bonds. The molecule has 10 heteroatoms. The SMILES string of the molecule is Cc1nc(Cl)sc1C(OC(=O)C(C)(C)C)=C(C#N)c1csc(-c2cnccn2)n1. The van der Waals surface area contributed by atoms with Gasteiger partial charge in [-0.25, -0.2) is 9.97 Å². The highest BCUT2D eigenvalue weighted by Gasteiger charge is 2.29. The third-order valence-electron chi connectivity index (χ3n) is 3.67. The second kappa shape index (κ2) is 8.37. The van der Waals surface area contributed by atoms with Crippen LogP contribution in [-0.4, -0.2) is 25.9 Å². The molecule has 0 saturated heterocycles. The van der Waals surface area contributed by atoms with Gasteiger partial charge < -0.3 is 4.74 Å². The van der Waals surface area contributed by atoms with Crippen molar-refractivity contribution >= 4 is 51.6 Å². The van der Waals surface area contributed by atoms with E-state index in [1.165, 1.54) is 11.3 Å². The van der Waals surface area contributed by atoms with E-state index in [2.05, 4.69) is 26.0 Å². The normalized spacial score (nSPS) is 12.3. The zero-order valence-corrected chi connectivity index (χ0v) is 18.4. The summed E-state index contributed by atoms with van der Waals surface area (Å²) in [5.74, 6) is -0.376. The highest BCUT2D eigenvalue weighted by molar-refractivity contribution is 7.17. The van der Waals surface area contributed by atoms with Gasteiger partial charge in [0, 0.05) is 17.8 Å². The number of thiazole rings is 2. The van der Waals surface area contributed by atoms with Gasteiger partial charge in [-0.05, 0) is 27.7 Å². The van der Waals surface area contributed by atoms with Crippen molar-refractivity contribution in [2.75, 3.05) is 0 Å². The second-order valence-corrected chi connectivity index (χ2v) is 9.40. The molecule has 3 aromatic rings. The van der Waals surface area contributed by atoms with E-state index in [1.807, 2.05) is 0 Å². The highest BCUT2D eigenvalue weighted by Crippen LogP contribution is 2.37. The number of carbonyl (C=O) groups excluding carboxylic acids is 1. The van der Waals surface area contributed by atoms with Crippen LogP contribution >= 0.6 is 34.3 Å². The Morgan fingerprint density at radius 3 is 2.59 bits per heavy atom. The van der Waals surface area contributed by atoms with Gasteiger partial charge >= 0.3 is 5.97 Å². The molecule has 0 unspecified atom stereocenters. The smallest absolute Gasteiger partial charge is 0.316 e. The summed E-state index contributed by atoms with van der Waals surface area (Å²) < 4.78 is 5.97. The average Bonchev–Trinajstić information content (AvgIpc) is 3.28. The van der Waals surface area contributed by atoms with Gasteiger partial charge in [-0.3, -0.25) is 14.8 Å². The van der Waals surface area contributed by atoms with E-state index in [9.17, 15) is 10.1 Å². The maximum Gasteiger partial charge on any atom is 0.316 e. The molecule has 0 aliphatic carbocycles. The van der Waals surface area contributed by atoms with Crippen LogP contribution in [0.2, 0.25) is 4.47 Å². The number of hydrogen-bond acceptors (Lipinski definition) is 9. The first-order valence-corrected chi connectivity index (χ1v) is 10.5. The molecule has 3 rings (SSSR count). The summed E-state index contributed by atoms with van der Waals surface area (Å²) in [5.41, 5.74) is 0.887. The van der Waals surface area contributed by atoms with E-state index < -0.39 is 11.4 Å². The molecule has 0 atom stereocenters. The van der Waals surface area contributed by atoms with Crippen LogP contribution < -0.4 is 0 Å². The van der Waals surface area contributed by atoms with E-state index in [0.29, 0.717) is 27.0 Å². The minimum Gasteiger partial charge on any atom is -0.423 e. The molecule has 7 nitrogen and oxygen atoms in total. The summed E-state index contributed by atoms with van der Waals surface area (Å²) in [4.78, 5) is 30.0. The Bertz CT molecular complexity index is 1120. The maximum atomic E-state index is 12.6. The molecule has 0 spiro atoms. The lowest BCUT2D eigenvalue weighted by Crippen LogP contribution is -2.22. The predicted octanol–water partition coefficient (Wildman–Crippen LogP) is 5.00. The average molecular weight is 446 g/mol. The standard InChI is InChI=1S/C19H16ClN5O2S2/c1-10-15(29-18(20)24-10)14(27-17(26)19(2,3)4)11(7-21)13-9-28-16(25-13)12-8-22-5-6-23-12/h5-6,8-9H,1-4H3. The van der Waals surface area contributed by atoms with Crippen LogP contribution in [-0.2, 0) is 9.53 Å². The van der Waals surface area contributed by atoms with Crippen LogP contribution in [0.15, 0.2) is 24.0 Å². The van der Waals surface area contributed by atoms with Crippen LogP contribution in [0.1, 0.15) is 37.0 Å². The number of allylic oxidation sites excluding steroid dienone is 1. The lowest BCUT2D eigenvalue weighted by atomic mass is 9.97. The molecule has 0 aliphatic rings. The number of nitrogens with zero attached hydrogens (tertiary/aromatic N) is 5. The van der Waals surface area contributed by atoms with Crippen molar-refractivity contribution in [3.8, 4) is 16.8 Å². The topological polar surface area (TPSA) is 102 Å². The van der Waals surface area contributed by atoms with Gasteiger partial charge in [0.1, 0.15) is 22.3 Å². The lowest BCUT2D eigenvalue weighted by molar-refractivity contribution is -0.145. The van der Waals surface area contributed by atoms with Crippen molar-refractivity contribution in [3.05, 3.63) is 44.7 Å². The van der Waals surface area contributed by atoms with Crippen LogP contribution in [0.25, 0.3) is 22.0 Å². The van der Waals surface area contributed by atoms with Crippen molar-refractivity contribution < 1.29 is 9.53 Å². The molecule has 148 valence electrons. The third kappa shape index (κ3) is 4.67. The molecule has 0 N–H and O–H groups in total. The molecular formula is C19H16ClN5O2S2. The molecule has 29 heavy (non-hydrogen) atoms. The minimum atomic E-state index is -0.763. The van der Waals surface area contributed by atoms with E-state index in [0.717, 1.165) is 11.3 Å². The van der Waals surface area contributed by atoms with Crippen LogP contribution in [0.4, 0.5) is 0 Å². The van der Waals surface area contributed by atoms with E-state index >= 15 is 0 Å². The van der Waals surface area contributed by atoms with Gasteiger partial charge in [0.05, 0.1) is 27.9 Å². The fourth-order valence-electron chi connectivity index (χ4n) is 2.17. The van der Waals surface area contributed by atoms with Gasteiger partial charge in [0.2, 0.25) is 0 Å². The number of aromatic nitrogens is 4. The third-order valence-corrected chi connectivity index (χ3v) is 5.79. The van der Waals surface area contributed by atoms with Crippen molar-refractivity contribution in [2.45, 2.75) is 27.7 Å². The summed E-state index contributed by atoms with van der Waals surface area (Å²) in [6.07, 6.45) is 4.72. The maximum absolute atomic E-state index is 12.6. The lowest BCUT2D eigenvalue weighted by Gasteiger charge is -2.18. The van der Waals surface area contributed by atoms with Crippen LogP contribution in [0.3, 0.4) is 0 Å². The molecule has 3 aromatic heterocycles. The summed E-state index contributed by atoms with van der Waals surface area (Å²) in [6.45, 7) is 6.95. The van der Waals surface area contributed by atoms with E-state index in [-0.39, 0.29) is 15.8 Å². The zero-order chi connectivity index (χ0) is 21.2. The molecule has 3 heterocycles. The van der Waals surface area contributed by atoms with Crippen molar-refractivity contribution in [1.82, 2.24) is 19.9 Å². The number of rotatable bonds is 4. The molecule has 0 bridgehead atoms. The Morgan fingerprint density at radius 1 is 1.28 bits per heavy atom. The first-order valence-electron chi connectivity index (χ1n) is 8.43. The summed E-state index contributed by atoms with van der Waals surface area (Å²) in [5, 5.41) is 12.2. The quantitative estimate of drug-likeness (QED) is 0.316. The highest BCUT2D eigenvalue weighted by atomic mass is 35.5. The van der Waals surface area contributed by atoms with Gasteiger partial charge in [0.15, 0.2) is 10.2 Å². The Morgan fingerprint density at radius 2 is 2.03 bits per heavy atom. The number of aryl methyl sites for hydroxylation is 1. The molecule has 0 saturated carbocycles. The molecule has 0 fully saturated rings. The Balaban J connectivity index is 2.15. The molecular weight excluding hydrogens is 430 g/mol. The largest absolute Gasteiger partial charge is 0.423 e. The van der Waals surface area contributed by atoms with E-state index in [4.69, 9.17) is 16.3 Å². The zero-order valence-electron chi connectivity index (χ0n) is 16.1. The van der Waals surface area contributed by atoms with Gasteiger partial charge in [0.25, 0.3) is 0 Å². The summed E-state index contributed by atoms with van der Waals surface area (Å²) in [6, 6.07) is 2.12. The first-order chi connectivity index (χ1) is 13.7. The van der Waals surface area contributed by atoms with Crippen molar-refractivity contribution in [1.29, 1.82) is 5.26 Å². The Hall–Kier alpha value is -2.67. The number of esters is 1. The van der Waals surface area contributed by atoms with Gasteiger partial charge in [-0.1, -0.05) is 22.9 Å². The van der Waals surface area contributed by atoms with Crippen molar-refractivity contribution in [3.63, 3.8) is 0 Å². The first kappa shape index (κ1) is 21.0. The summed E-state index contributed by atoms with van der Waals surface area (Å²) in [7, 11) is 0. The van der Waals surface area contributed by atoms with Gasteiger partial charge in [-0.15, -0.1) is 11.3 Å². The molecule has 0 radical (unpaired) electrons. The van der Waals surface area contributed by atoms with E-state index in [1.54, 1.807) is 51.7 Å². The number of carbonyl (C=O) groups is 1. The second-order valence-electron chi connectivity index (χ2n) is 6.97. The van der Waals surface area contributed by atoms with Gasteiger partial charge in [-0.2, -0.15) is 5.26 Å². The summed E-state index contributed by atoms with van der Waals surface area (Å²) >= 11 is 8.50. The Labute approximate surface area is 180 Å². The number of halogens is 1. The minimum absolute atomic E-state index is 0.102. The van der Waals surface area contributed by atoms with Crippen LogP contribution in [0.5, 0.6) is 0 Å². The number of nitriles is 1. The van der Waals surface area contributed by atoms with Crippen molar-refractivity contribution in [2.24, 2.45) is 5.41 Å².